The van der Waals surface area contributed by atoms with Crippen molar-refractivity contribution in [3.63, 3.8) is 0 Å². The number of aromatic nitrogens is 2. The molecule has 1 aliphatic rings. The van der Waals surface area contributed by atoms with Crippen LogP contribution in [0.15, 0.2) is 42.7 Å². The van der Waals surface area contributed by atoms with Crippen LogP contribution in [0.1, 0.15) is 30.7 Å². The van der Waals surface area contributed by atoms with E-state index in [1.165, 1.54) is 5.56 Å². The molecule has 5 heteroatoms. The SMILES string of the molecule is CC(c1ccccc1)c1nccn1CCN1CCCOC1=O. The first kappa shape index (κ1) is 14.6. The fraction of sp³-hybridized carbons (Fsp3) is 0.412. The number of carbonyl (C=O) groups is 1. The van der Waals surface area contributed by atoms with Gasteiger partial charge in [0.15, 0.2) is 0 Å². The summed E-state index contributed by atoms with van der Waals surface area (Å²) in [4.78, 5) is 17.9. The third-order valence-corrected chi connectivity index (χ3v) is 4.10. The van der Waals surface area contributed by atoms with Crippen molar-refractivity contribution in [3.8, 4) is 0 Å². The lowest BCUT2D eigenvalue weighted by Gasteiger charge is -2.26. The summed E-state index contributed by atoms with van der Waals surface area (Å²) in [5.41, 5.74) is 1.24. The summed E-state index contributed by atoms with van der Waals surface area (Å²) in [6.45, 7) is 4.86. The van der Waals surface area contributed by atoms with E-state index >= 15 is 0 Å². The molecule has 1 fully saturated rings. The Kier molecular flexibility index (Phi) is 4.42. The third-order valence-electron chi connectivity index (χ3n) is 4.10. The molecule has 1 aliphatic heterocycles. The number of cyclic esters (lactones) is 1. The van der Waals surface area contributed by atoms with Crippen molar-refractivity contribution in [3.05, 3.63) is 54.1 Å². The van der Waals surface area contributed by atoms with Crippen LogP contribution in [0.2, 0.25) is 0 Å². The second-order valence-electron chi connectivity index (χ2n) is 5.57. The molecule has 1 unspecified atom stereocenters. The first-order valence-corrected chi connectivity index (χ1v) is 7.73. The molecule has 1 aromatic carbocycles. The van der Waals surface area contributed by atoms with Gasteiger partial charge < -0.3 is 14.2 Å². The van der Waals surface area contributed by atoms with E-state index in [-0.39, 0.29) is 12.0 Å². The Morgan fingerprint density at radius 3 is 2.86 bits per heavy atom. The van der Waals surface area contributed by atoms with Crippen LogP contribution >= 0.6 is 0 Å². The van der Waals surface area contributed by atoms with Crippen molar-refractivity contribution < 1.29 is 9.53 Å². The van der Waals surface area contributed by atoms with E-state index in [1.807, 2.05) is 30.6 Å². The lowest BCUT2D eigenvalue weighted by molar-refractivity contribution is 0.0715. The van der Waals surface area contributed by atoms with E-state index in [1.54, 1.807) is 4.90 Å². The van der Waals surface area contributed by atoms with Gasteiger partial charge in [0.2, 0.25) is 0 Å². The van der Waals surface area contributed by atoms with E-state index in [4.69, 9.17) is 4.74 Å². The van der Waals surface area contributed by atoms with Gasteiger partial charge in [0, 0.05) is 37.9 Å². The van der Waals surface area contributed by atoms with E-state index in [2.05, 4.69) is 28.6 Å². The maximum absolute atomic E-state index is 11.7. The standard InChI is InChI=1S/C17H21N3O2/c1-14(15-6-3-2-4-7-15)16-18-8-10-19(16)11-12-20-9-5-13-22-17(20)21/h2-4,6-8,10,14H,5,9,11-13H2,1H3. The van der Waals surface area contributed by atoms with Crippen LogP contribution in [0.25, 0.3) is 0 Å². The fourth-order valence-electron chi connectivity index (χ4n) is 2.81. The van der Waals surface area contributed by atoms with Crippen LogP contribution in [0.3, 0.4) is 0 Å². The summed E-state index contributed by atoms with van der Waals surface area (Å²) in [5.74, 6) is 1.25. The number of nitrogens with zero attached hydrogens (tertiary/aromatic N) is 3. The van der Waals surface area contributed by atoms with Crippen molar-refractivity contribution in [2.75, 3.05) is 19.7 Å². The van der Waals surface area contributed by atoms with Gasteiger partial charge in [0.05, 0.1) is 6.61 Å². The zero-order chi connectivity index (χ0) is 15.4. The number of hydrogen-bond donors (Lipinski definition) is 0. The molecular weight excluding hydrogens is 278 g/mol. The van der Waals surface area contributed by atoms with Crippen molar-refractivity contribution >= 4 is 6.09 Å². The molecule has 0 bridgehead atoms. The summed E-state index contributed by atoms with van der Waals surface area (Å²) >= 11 is 0. The number of carbonyl (C=O) groups excluding carboxylic acids is 1. The number of ether oxygens (including phenoxy) is 1. The monoisotopic (exact) mass is 299 g/mol. The highest BCUT2D eigenvalue weighted by molar-refractivity contribution is 5.68. The lowest BCUT2D eigenvalue weighted by atomic mass is 10.0. The molecule has 3 rings (SSSR count). The molecular formula is C17H21N3O2. The minimum atomic E-state index is -0.205. The van der Waals surface area contributed by atoms with Crippen LogP contribution in [0.4, 0.5) is 4.79 Å². The zero-order valence-electron chi connectivity index (χ0n) is 12.8. The number of hydrogen-bond acceptors (Lipinski definition) is 3. The maximum atomic E-state index is 11.7. The van der Waals surface area contributed by atoms with E-state index in [9.17, 15) is 4.79 Å². The predicted octanol–water partition coefficient (Wildman–Crippen LogP) is 2.88. The van der Waals surface area contributed by atoms with Gasteiger partial charge in [-0.1, -0.05) is 37.3 Å². The van der Waals surface area contributed by atoms with E-state index in [0.717, 1.165) is 25.3 Å². The van der Waals surface area contributed by atoms with Gasteiger partial charge in [-0.05, 0) is 12.0 Å². The number of rotatable bonds is 5. The van der Waals surface area contributed by atoms with Gasteiger partial charge in [-0.3, -0.25) is 0 Å². The Bertz CT molecular complexity index is 624. The largest absolute Gasteiger partial charge is 0.449 e. The lowest BCUT2D eigenvalue weighted by Crippen LogP contribution is -2.39. The quantitative estimate of drug-likeness (QED) is 0.853. The summed E-state index contributed by atoms with van der Waals surface area (Å²) in [5, 5.41) is 0. The highest BCUT2D eigenvalue weighted by Gasteiger charge is 2.20. The Hall–Kier alpha value is -2.30. The second-order valence-corrected chi connectivity index (χ2v) is 5.57. The van der Waals surface area contributed by atoms with E-state index < -0.39 is 0 Å². The Morgan fingerprint density at radius 1 is 1.27 bits per heavy atom. The molecule has 1 atom stereocenters. The molecule has 1 aromatic heterocycles. The van der Waals surface area contributed by atoms with Gasteiger partial charge in [0.25, 0.3) is 0 Å². The highest BCUT2D eigenvalue weighted by atomic mass is 16.6. The molecule has 0 spiro atoms. The van der Waals surface area contributed by atoms with Gasteiger partial charge >= 0.3 is 6.09 Å². The van der Waals surface area contributed by atoms with Gasteiger partial charge in [-0.15, -0.1) is 0 Å². The molecule has 0 N–H and O–H groups in total. The molecule has 2 heterocycles. The molecule has 0 aliphatic carbocycles. The molecule has 1 amide bonds. The smallest absolute Gasteiger partial charge is 0.409 e. The normalized spacial score (nSPS) is 16.4. The summed E-state index contributed by atoms with van der Waals surface area (Å²) in [6.07, 6.45) is 4.50. The summed E-state index contributed by atoms with van der Waals surface area (Å²) in [6, 6.07) is 10.3. The predicted molar refractivity (Wildman–Crippen MR) is 83.7 cm³/mol. The Labute approximate surface area is 130 Å². The third kappa shape index (κ3) is 3.13. The molecule has 0 saturated carbocycles. The van der Waals surface area contributed by atoms with Crippen molar-refractivity contribution in [1.82, 2.24) is 14.5 Å². The zero-order valence-corrected chi connectivity index (χ0v) is 12.8. The van der Waals surface area contributed by atoms with Gasteiger partial charge in [-0.25, -0.2) is 9.78 Å². The first-order valence-electron chi connectivity index (χ1n) is 7.73. The average Bonchev–Trinajstić information content (AvgIpc) is 3.03. The van der Waals surface area contributed by atoms with Crippen molar-refractivity contribution in [1.29, 1.82) is 0 Å². The molecule has 1 saturated heterocycles. The van der Waals surface area contributed by atoms with E-state index in [0.29, 0.717) is 13.2 Å². The molecule has 5 nitrogen and oxygen atoms in total. The number of imidazole rings is 1. The number of benzene rings is 1. The van der Waals surface area contributed by atoms with Crippen LogP contribution in [0, 0.1) is 0 Å². The first-order chi connectivity index (χ1) is 10.8. The Balaban J connectivity index is 1.68. The molecule has 116 valence electrons. The van der Waals surface area contributed by atoms with Gasteiger partial charge in [0.1, 0.15) is 5.82 Å². The van der Waals surface area contributed by atoms with Crippen LogP contribution < -0.4 is 0 Å². The topological polar surface area (TPSA) is 47.4 Å². The fourth-order valence-corrected chi connectivity index (χ4v) is 2.81. The minimum Gasteiger partial charge on any atom is -0.449 e. The van der Waals surface area contributed by atoms with Crippen LogP contribution in [-0.2, 0) is 11.3 Å². The molecule has 2 aromatic rings. The second kappa shape index (κ2) is 6.64. The van der Waals surface area contributed by atoms with Crippen LogP contribution in [-0.4, -0.2) is 40.2 Å². The number of amides is 1. The maximum Gasteiger partial charge on any atom is 0.409 e. The van der Waals surface area contributed by atoms with Gasteiger partial charge in [-0.2, -0.15) is 0 Å². The van der Waals surface area contributed by atoms with Crippen LogP contribution in [0.5, 0.6) is 0 Å². The Morgan fingerprint density at radius 2 is 2.09 bits per heavy atom. The van der Waals surface area contributed by atoms with Crippen molar-refractivity contribution in [2.24, 2.45) is 0 Å². The average molecular weight is 299 g/mol. The van der Waals surface area contributed by atoms with Crippen molar-refractivity contribution in [2.45, 2.75) is 25.8 Å². The molecule has 22 heavy (non-hydrogen) atoms. The summed E-state index contributed by atoms with van der Waals surface area (Å²) < 4.78 is 7.19. The highest BCUT2D eigenvalue weighted by Crippen LogP contribution is 2.22. The molecule has 0 radical (unpaired) electrons. The summed E-state index contributed by atoms with van der Waals surface area (Å²) in [7, 11) is 0. The minimum absolute atomic E-state index is 0.205.